The molecule has 1 fully saturated rings. The van der Waals surface area contributed by atoms with Crippen LogP contribution in [0.3, 0.4) is 0 Å². The molecule has 2 N–H and O–H groups in total. The lowest BCUT2D eigenvalue weighted by Crippen LogP contribution is -2.48. The first kappa shape index (κ1) is 15.5. The minimum atomic E-state index is -0.281. The Morgan fingerprint density at radius 3 is 2.37 bits per heavy atom. The van der Waals surface area contributed by atoms with Crippen LogP contribution in [0.4, 0.5) is 0 Å². The predicted octanol–water partition coefficient (Wildman–Crippen LogP) is -0.135. The summed E-state index contributed by atoms with van der Waals surface area (Å²) >= 11 is 0. The maximum Gasteiger partial charge on any atom is 0.262 e. The van der Waals surface area contributed by atoms with E-state index >= 15 is 0 Å². The van der Waals surface area contributed by atoms with Crippen LogP contribution < -0.4 is 20.1 Å². The summed E-state index contributed by atoms with van der Waals surface area (Å²) < 4.78 is 10.1. The molecule has 0 radical (unpaired) electrons. The Balaban J connectivity index is 0.00000180. The first-order valence-electron chi connectivity index (χ1n) is 5.68. The van der Waals surface area contributed by atoms with E-state index < -0.39 is 0 Å². The molecule has 0 saturated carbocycles. The van der Waals surface area contributed by atoms with Crippen molar-refractivity contribution in [2.75, 3.05) is 33.9 Å². The molecule has 8 heteroatoms. The molecule has 7 nitrogen and oxygen atoms in total. The van der Waals surface area contributed by atoms with E-state index in [9.17, 15) is 4.79 Å². The summed E-state index contributed by atoms with van der Waals surface area (Å²) in [6.45, 7) is 2.48. The predicted molar refractivity (Wildman–Crippen MR) is 71.1 cm³/mol. The van der Waals surface area contributed by atoms with Gasteiger partial charge in [0.05, 0.1) is 14.2 Å². The van der Waals surface area contributed by atoms with E-state index in [0.29, 0.717) is 12.5 Å². The molecular weight excluding hydrogens is 272 g/mol. The van der Waals surface area contributed by atoms with Crippen LogP contribution in [0.1, 0.15) is 10.4 Å². The van der Waals surface area contributed by atoms with E-state index in [-0.39, 0.29) is 35.6 Å². The Morgan fingerprint density at radius 2 is 1.95 bits per heavy atom. The van der Waals surface area contributed by atoms with E-state index in [1.54, 1.807) is 0 Å². The number of carbonyl (C=O) groups excluding carboxylic acids is 1. The van der Waals surface area contributed by atoms with Crippen molar-refractivity contribution in [3.63, 3.8) is 0 Å². The molecular formula is C11H17ClN4O3. The van der Waals surface area contributed by atoms with Gasteiger partial charge in [0.2, 0.25) is 11.8 Å². The second kappa shape index (κ2) is 7.10. The number of hydrogen-bond acceptors (Lipinski definition) is 6. The van der Waals surface area contributed by atoms with Gasteiger partial charge in [0.25, 0.3) is 5.91 Å². The molecule has 0 atom stereocenters. The zero-order valence-electron chi connectivity index (χ0n) is 10.8. The lowest BCUT2D eigenvalue weighted by Gasteiger charge is -2.27. The topological polar surface area (TPSA) is 85.4 Å². The molecule has 0 aromatic carbocycles. The van der Waals surface area contributed by atoms with Crippen LogP contribution in [0.15, 0.2) is 6.33 Å². The van der Waals surface area contributed by atoms with Crippen molar-refractivity contribution in [1.82, 2.24) is 20.6 Å². The van der Waals surface area contributed by atoms with Crippen LogP contribution in [0.2, 0.25) is 0 Å². The van der Waals surface area contributed by atoms with Crippen LogP contribution in [-0.2, 0) is 0 Å². The number of aromatic nitrogens is 2. The molecule has 0 bridgehead atoms. The highest BCUT2D eigenvalue weighted by molar-refractivity contribution is 5.98. The van der Waals surface area contributed by atoms with E-state index in [1.807, 2.05) is 0 Å². The normalized spacial score (nSPS) is 14.0. The van der Waals surface area contributed by atoms with Gasteiger partial charge in [-0.25, -0.2) is 9.97 Å². The molecule has 106 valence electrons. The van der Waals surface area contributed by atoms with Gasteiger partial charge in [-0.15, -0.1) is 12.4 Å². The van der Waals surface area contributed by atoms with E-state index in [4.69, 9.17) is 9.47 Å². The van der Waals surface area contributed by atoms with Gasteiger partial charge >= 0.3 is 0 Å². The number of amides is 1. The van der Waals surface area contributed by atoms with Gasteiger partial charge in [0, 0.05) is 25.6 Å². The Morgan fingerprint density at radius 1 is 1.37 bits per heavy atom. The van der Waals surface area contributed by atoms with Gasteiger partial charge in [-0.3, -0.25) is 4.79 Å². The molecule has 1 aromatic heterocycles. The minimum absolute atomic E-state index is 0. The third-order valence-corrected chi connectivity index (χ3v) is 2.81. The summed E-state index contributed by atoms with van der Waals surface area (Å²) in [6.07, 6.45) is 1.30. The minimum Gasteiger partial charge on any atom is -0.480 e. The zero-order chi connectivity index (χ0) is 13.0. The largest absolute Gasteiger partial charge is 0.480 e. The second-order valence-electron chi connectivity index (χ2n) is 4.00. The monoisotopic (exact) mass is 288 g/mol. The third-order valence-electron chi connectivity index (χ3n) is 2.81. The Bertz CT molecular complexity index is 418. The van der Waals surface area contributed by atoms with Gasteiger partial charge < -0.3 is 20.1 Å². The fourth-order valence-electron chi connectivity index (χ4n) is 1.68. The number of nitrogens with zero attached hydrogens (tertiary/aromatic N) is 2. The molecule has 0 aliphatic carbocycles. The molecule has 2 heterocycles. The molecule has 1 aromatic rings. The molecule has 1 aliphatic rings. The fraction of sp³-hybridized carbons (Fsp3) is 0.545. The molecule has 0 spiro atoms. The number of nitrogens with one attached hydrogen (secondary N) is 2. The average Bonchev–Trinajstić information content (AvgIpc) is 2.35. The molecule has 2 rings (SSSR count). The summed E-state index contributed by atoms with van der Waals surface area (Å²) in [5, 5.41) is 5.98. The van der Waals surface area contributed by atoms with Crippen molar-refractivity contribution in [2.24, 2.45) is 5.92 Å². The quantitative estimate of drug-likeness (QED) is 0.785. The fourth-order valence-corrected chi connectivity index (χ4v) is 1.68. The summed E-state index contributed by atoms with van der Waals surface area (Å²) in [5.41, 5.74) is 0.231. The maximum absolute atomic E-state index is 12.1. The van der Waals surface area contributed by atoms with Gasteiger partial charge in [-0.2, -0.15) is 0 Å². The van der Waals surface area contributed by atoms with Crippen molar-refractivity contribution in [3.05, 3.63) is 11.9 Å². The van der Waals surface area contributed by atoms with Crippen molar-refractivity contribution in [1.29, 1.82) is 0 Å². The van der Waals surface area contributed by atoms with Crippen molar-refractivity contribution in [2.45, 2.75) is 0 Å². The van der Waals surface area contributed by atoms with Crippen molar-refractivity contribution >= 4 is 18.3 Å². The van der Waals surface area contributed by atoms with Crippen molar-refractivity contribution in [3.8, 4) is 11.8 Å². The summed E-state index contributed by atoms with van der Waals surface area (Å²) in [7, 11) is 2.91. The van der Waals surface area contributed by atoms with Gasteiger partial charge in [0.1, 0.15) is 6.33 Å². The highest BCUT2D eigenvalue weighted by Gasteiger charge is 2.23. The van der Waals surface area contributed by atoms with Gasteiger partial charge in [-0.05, 0) is 0 Å². The van der Waals surface area contributed by atoms with Crippen LogP contribution in [0.25, 0.3) is 0 Å². The average molecular weight is 289 g/mol. The lowest BCUT2D eigenvalue weighted by atomic mass is 10.0. The maximum atomic E-state index is 12.1. The summed E-state index contributed by atoms with van der Waals surface area (Å²) in [6, 6.07) is 0. The number of ether oxygens (including phenoxy) is 2. The van der Waals surface area contributed by atoms with E-state index in [2.05, 4.69) is 20.6 Å². The summed E-state index contributed by atoms with van der Waals surface area (Å²) in [4.78, 5) is 19.9. The van der Waals surface area contributed by atoms with Gasteiger partial charge in [-0.1, -0.05) is 0 Å². The molecule has 1 aliphatic heterocycles. The Labute approximate surface area is 117 Å². The third kappa shape index (κ3) is 3.45. The van der Waals surface area contributed by atoms with Crippen LogP contribution in [-0.4, -0.2) is 49.7 Å². The second-order valence-corrected chi connectivity index (χ2v) is 4.00. The highest BCUT2D eigenvalue weighted by Crippen LogP contribution is 2.23. The lowest BCUT2D eigenvalue weighted by molar-refractivity contribution is 0.0934. The van der Waals surface area contributed by atoms with E-state index in [1.165, 1.54) is 20.5 Å². The number of rotatable bonds is 5. The highest BCUT2D eigenvalue weighted by atomic mass is 35.5. The molecule has 0 unspecified atom stereocenters. The zero-order valence-corrected chi connectivity index (χ0v) is 11.6. The van der Waals surface area contributed by atoms with Crippen LogP contribution >= 0.6 is 12.4 Å². The van der Waals surface area contributed by atoms with Crippen molar-refractivity contribution < 1.29 is 14.3 Å². The number of hydrogen-bond donors (Lipinski definition) is 2. The molecule has 1 saturated heterocycles. The molecule has 1 amide bonds. The first-order valence-corrected chi connectivity index (χ1v) is 5.68. The summed E-state index contributed by atoms with van der Waals surface area (Å²) in [5.74, 6) is 0.629. The SMILES string of the molecule is COc1ncnc(OC)c1C(=O)NCC1CNC1.Cl. The van der Waals surface area contributed by atoms with E-state index in [0.717, 1.165) is 13.1 Å². The first-order chi connectivity index (χ1) is 8.76. The smallest absolute Gasteiger partial charge is 0.262 e. The number of halogens is 1. The molecule has 19 heavy (non-hydrogen) atoms. The standard InChI is InChI=1S/C11H16N4O3.ClH/c1-17-10-8(11(18-2)15-6-14-10)9(16)13-5-7-3-12-4-7;/h6-7,12H,3-5H2,1-2H3,(H,13,16);1H. The number of methoxy groups -OCH3 is 2. The van der Waals surface area contributed by atoms with Crippen LogP contribution in [0.5, 0.6) is 11.8 Å². The Hall–Kier alpha value is -1.60. The Kier molecular flexibility index (Phi) is 5.78. The van der Waals surface area contributed by atoms with Gasteiger partial charge in [0.15, 0.2) is 5.56 Å². The number of carbonyl (C=O) groups is 1. The van der Waals surface area contributed by atoms with Crippen LogP contribution in [0, 0.1) is 5.92 Å².